The van der Waals surface area contributed by atoms with E-state index in [0.717, 1.165) is 24.8 Å². The third-order valence-electron chi connectivity index (χ3n) is 3.53. The van der Waals surface area contributed by atoms with Gasteiger partial charge in [-0.25, -0.2) is 13.1 Å². The first-order valence-corrected chi connectivity index (χ1v) is 9.31. The maximum absolute atomic E-state index is 12.1. The van der Waals surface area contributed by atoms with Gasteiger partial charge in [-0.05, 0) is 43.9 Å². The molecule has 0 aliphatic heterocycles. The van der Waals surface area contributed by atoms with Crippen LogP contribution in [0.1, 0.15) is 24.0 Å². The summed E-state index contributed by atoms with van der Waals surface area (Å²) in [5.41, 5.74) is 2.33. The van der Waals surface area contributed by atoms with E-state index in [1.165, 1.54) is 5.56 Å². The Hall–Kier alpha value is -1.91. The molecule has 0 fully saturated rings. The summed E-state index contributed by atoms with van der Waals surface area (Å²) < 4.78 is 26.8. The Morgan fingerprint density at radius 2 is 1.65 bits per heavy atom. The van der Waals surface area contributed by atoms with Gasteiger partial charge in [0.1, 0.15) is 0 Å². The molecular formula is C19H23NO2S. The Bertz CT molecular complexity index is 720. The molecule has 122 valence electrons. The van der Waals surface area contributed by atoms with Crippen LogP contribution in [0.5, 0.6) is 0 Å². The van der Waals surface area contributed by atoms with Gasteiger partial charge >= 0.3 is 0 Å². The van der Waals surface area contributed by atoms with Gasteiger partial charge in [-0.15, -0.1) is 0 Å². The van der Waals surface area contributed by atoms with E-state index in [9.17, 15) is 8.42 Å². The second-order valence-electron chi connectivity index (χ2n) is 5.51. The quantitative estimate of drug-likeness (QED) is 0.590. The summed E-state index contributed by atoms with van der Waals surface area (Å²) in [5, 5.41) is 0. The first kappa shape index (κ1) is 17.4. The highest BCUT2D eigenvalue weighted by Crippen LogP contribution is 2.09. The van der Waals surface area contributed by atoms with Crippen molar-refractivity contribution in [2.45, 2.75) is 31.1 Å². The van der Waals surface area contributed by atoms with E-state index in [4.69, 9.17) is 0 Å². The van der Waals surface area contributed by atoms with Crippen molar-refractivity contribution in [3.8, 4) is 0 Å². The molecule has 0 aromatic heterocycles. The third kappa shape index (κ3) is 6.00. The number of nitrogens with one attached hydrogen (secondary N) is 1. The van der Waals surface area contributed by atoms with Crippen molar-refractivity contribution in [2.75, 3.05) is 6.54 Å². The summed E-state index contributed by atoms with van der Waals surface area (Å²) in [6.45, 7) is 2.39. The molecule has 0 bridgehead atoms. The van der Waals surface area contributed by atoms with Crippen LogP contribution >= 0.6 is 0 Å². The zero-order valence-corrected chi connectivity index (χ0v) is 14.2. The van der Waals surface area contributed by atoms with Crippen molar-refractivity contribution in [2.24, 2.45) is 0 Å². The zero-order chi connectivity index (χ0) is 16.5. The van der Waals surface area contributed by atoms with E-state index in [1.54, 1.807) is 24.3 Å². The lowest BCUT2D eigenvalue weighted by molar-refractivity contribution is 0.579. The van der Waals surface area contributed by atoms with Gasteiger partial charge in [0.2, 0.25) is 10.0 Å². The van der Waals surface area contributed by atoms with Gasteiger partial charge in [0.25, 0.3) is 0 Å². The molecule has 0 heterocycles. The average Bonchev–Trinajstić information content (AvgIpc) is 2.55. The van der Waals surface area contributed by atoms with Gasteiger partial charge in [-0.1, -0.05) is 60.2 Å². The van der Waals surface area contributed by atoms with Crippen molar-refractivity contribution in [1.29, 1.82) is 0 Å². The Labute approximate surface area is 139 Å². The summed E-state index contributed by atoms with van der Waals surface area (Å²) in [5.74, 6) is 0. The van der Waals surface area contributed by atoms with Crippen molar-refractivity contribution in [3.05, 3.63) is 77.9 Å². The van der Waals surface area contributed by atoms with E-state index < -0.39 is 10.0 Å². The van der Waals surface area contributed by atoms with Crippen molar-refractivity contribution < 1.29 is 8.42 Å². The lowest BCUT2D eigenvalue weighted by Crippen LogP contribution is -2.24. The minimum atomic E-state index is -3.39. The molecule has 0 aliphatic rings. The van der Waals surface area contributed by atoms with Gasteiger partial charge in [-0.2, -0.15) is 0 Å². The Morgan fingerprint density at radius 3 is 2.35 bits per heavy atom. The summed E-state index contributed by atoms with van der Waals surface area (Å²) in [7, 11) is -3.39. The highest BCUT2D eigenvalue weighted by Gasteiger charge is 2.11. The number of rotatable bonds is 8. The third-order valence-corrected chi connectivity index (χ3v) is 5.01. The Kier molecular flexibility index (Phi) is 6.56. The Morgan fingerprint density at radius 1 is 0.957 bits per heavy atom. The normalized spacial score (nSPS) is 11.9. The van der Waals surface area contributed by atoms with E-state index in [-0.39, 0.29) is 0 Å². The molecule has 1 N–H and O–H groups in total. The first-order valence-electron chi connectivity index (χ1n) is 7.83. The average molecular weight is 329 g/mol. The van der Waals surface area contributed by atoms with Crippen LogP contribution in [0, 0.1) is 6.92 Å². The van der Waals surface area contributed by atoms with Crippen LogP contribution in [0.4, 0.5) is 0 Å². The van der Waals surface area contributed by atoms with Crippen LogP contribution in [-0.4, -0.2) is 15.0 Å². The monoisotopic (exact) mass is 329 g/mol. The maximum atomic E-state index is 12.1. The van der Waals surface area contributed by atoms with Gasteiger partial charge in [0, 0.05) is 6.54 Å². The van der Waals surface area contributed by atoms with Crippen LogP contribution in [0.25, 0.3) is 0 Å². The van der Waals surface area contributed by atoms with Crippen LogP contribution in [0.3, 0.4) is 0 Å². The largest absolute Gasteiger partial charge is 0.240 e. The molecule has 2 aromatic carbocycles. The SMILES string of the molecule is Cc1ccc(S(=O)(=O)NCCC/C=C/Cc2ccccc2)cc1. The van der Waals surface area contributed by atoms with Crippen LogP contribution < -0.4 is 4.72 Å². The molecule has 0 radical (unpaired) electrons. The van der Waals surface area contributed by atoms with Gasteiger partial charge in [0.15, 0.2) is 0 Å². The fourth-order valence-corrected chi connectivity index (χ4v) is 3.25. The van der Waals surface area contributed by atoms with Crippen molar-refractivity contribution >= 4 is 10.0 Å². The number of hydrogen-bond acceptors (Lipinski definition) is 2. The van der Waals surface area contributed by atoms with E-state index >= 15 is 0 Å². The standard InChI is InChI=1S/C19H23NO2S/c1-17-12-14-19(15-13-17)23(21,22)20-16-8-3-2-5-9-18-10-6-4-7-11-18/h2,4-7,10-15,20H,3,8-9,16H2,1H3/b5-2+. The predicted molar refractivity (Wildman–Crippen MR) is 94.9 cm³/mol. The van der Waals surface area contributed by atoms with Gasteiger partial charge in [-0.3, -0.25) is 0 Å². The van der Waals surface area contributed by atoms with E-state index in [2.05, 4.69) is 29.0 Å². The van der Waals surface area contributed by atoms with Crippen LogP contribution in [-0.2, 0) is 16.4 Å². The molecule has 2 aromatic rings. The number of unbranched alkanes of at least 4 members (excludes halogenated alkanes) is 1. The zero-order valence-electron chi connectivity index (χ0n) is 13.4. The molecular weight excluding hydrogens is 306 g/mol. The number of allylic oxidation sites excluding steroid dienone is 2. The Balaban J connectivity index is 1.69. The lowest BCUT2D eigenvalue weighted by Gasteiger charge is -2.06. The molecule has 23 heavy (non-hydrogen) atoms. The predicted octanol–water partition coefficient (Wildman–Crippen LogP) is 3.85. The molecule has 3 nitrogen and oxygen atoms in total. The van der Waals surface area contributed by atoms with Crippen molar-refractivity contribution in [1.82, 2.24) is 4.72 Å². The van der Waals surface area contributed by atoms with Crippen LogP contribution in [0.2, 0.25) is 0 Å². The maximum Gasteiger partial charge on any atom is 0.240 e. The highest BCUT2D eigenvalue weighted by atomic mass is 32.2. The summed E-state index contributed by atoms with van der Waals surface area (Å²) in [4.78, 5) is 0.322. The molecule has 0 atom stereocenters. The molecule has 0 aliphatic carbocycles. The second kappa shape index (κ2) is 8.65. The lowest BCUT2D eigenvalue weighted by atomic mass is 10.1. The molecule has 2 rings (SSSR count). The molecule has 0 saturated heterocycles. The van der Waals surface area contributed by atoms with Gasteiger partial charge < -0.3 is 0 Å². The highest BCUT2D eigenvalue weighted by molar-refractivity contribution is 7.89. The number of hydrogen-bond donors (Lipinski definition) is 1. The molecule has 0 saturated carbocycles. The van der Waals surface area contributed by atoms with E-state index in [1.807, 2.05) is 25.1 Å². The second-order valence-corrected chi connectivity index (χ2v) is 7.28. The minimum Gasteiger partial charge on any atom is -0.211 e. The number of aryl methyl sites for hydroxylation is 1. The summed E-state index contributed by atoms with van der Waals surface area (Å²) in [6, 6.07) is 17.1. The number of benzene rings is 2. The van der Waals surface area contributed by atoms with Crippen molar-refractivity contribution in [3.63, 3.8) is 0 Å². The molecule has 0 spiro atoms. The fraction of sp³-hybridized carbons (Fsp3) is 0.263. The minimum absolute atomic E-state index is 0.322. The topological polar surface area (TPSA) is 46.2 Å². The van der Waals surface area contributed by atoms with Gasteiger partial charge in [0.05, 0.1) is 4.90 Å². The molecule has 0 unspecified atom stereocenters. The number of sulfonamides is 1. The smallest absolute Gasteiger partial charge is 0.211 e. The van der Waals surface area contributed by atoms with E-state index in [0.29, 0.717) is 11.4 Å². The van der Waals surface area contributed by atoms with Crippen LogP contribution in [0.15, 0.2) is 71.6 Å². The summed E-state index contributed by atoms with van der Waals surface area (Å²) in [6.07, 6.45) is 6.80. The first-order chi connectivity index (χ1) is 11.1. The fourth-order valence-electron chi connectivity index (χ4n) is 2.18. The molecule has 0 amide bonds. The molecule has 4 heteroatoms. The summed E-state index contributed by atoms with van der Waals surface area (Å²) >= 11 is 0.